The van der Waals surface area contributed by atoms with Gasteiger partial charge in [-0.05, 0) is 25.0 Å². The number of benzene rings is 1. The summed E-state index contributed by atoms with van der Waals surface area (Å²) in [5.41, 5.74) is 0.988. The van der Waals surface area contributed by atoms with Crippen molar-refractivity contribution in [3.63, 3.8) is 0 Å². The van der Waals surface area contributed by atoms with Gasteiger partial charge in [0.15, 0.2) is 5.82 Å². The number of para-hydroxylation sites is 2. The highest BCUT2D eigenvalue weighted by atomic mass is 19.3. The van der Waals surface area contributed by atoms with Crippen molar-refractivity contribution in [2.75, 3.05) is 64.1 Å². The summed E-state index contributed by atoms with van der Waals surface area (Å²) < 4.78 is 46.3. The Hall–Kier alpha value is -3.38. The van der Waals surface area contributed by atoms with E-state index in [-0.39, 0.29) is 29.4 Å². The number of carbonyl (C=O) groups is 1. The van der Waals surface area contributed by atoms with Crippen LogP contribution in [-0.4, -0.2) is 89.5 Å². The lowest BCUT2D eigenvalue weighted by molar-refractivity contribution is -0.145. The fourth-order valence-electron chi connectivity index (χ4n) is 5.19. The van der Waals surface area contributed by atoms with E-state index in [2.05, 4.69) is 15.0 Å². The normalized spacial score (nSPS) is 19.2. The van der Waals surface area contributed by atoms with Gasteiger partial charge in [-0.25, -0.2) is 13.8 Å². The van der Waals surface area contributed by atoms with Gasteiger partial charge in [0.05, 0.1) is 30.9 Å². The molecule has 3 fully saturated rings. The number of carbonyl (C=O) groups excluding carboxylic acids is 1. The SMILES string of the molecule is O=C(C1CCOCC1)N1CC(COc2cc(-n3c(C(F)F)nc4ccccc43)nc(N3CCOCC3)n2)C1. The summed E-state index contributed by atoms with van der Waals surface area (Å²) in [6.07, 6.45) is -1.25. The monoisotopic (exact) mass is 528 g/mol. The van der Waals surface area contributed by atoms with E-state index in [0.29, 0.717) is 82.1 Å². The number of nitrogens with zero attached hydrogens (tertiary/aromatic N) is 6. The Morgan fingerprint density at radius 1 is 1.03 bits per heavy atom. The van der Waals surface area contributed by atoms with Gasteiger partial charge in [-0.15, -0.1) is 0 Å². The van der Waals surface area contributed by atoms with E-state index in [1.165, 1.54) is 4.57 Å². The molecule has 0 atom stereocenters. The molecule has 0 radical (unpaired) electrons. The molecule has 3 aliphatic rings. The Morgan fingerprint density at radius 2 is 1.76 bits per heavy atom. The fourth-order valence-corrected chi connectivity index (χ4v) is 5.19. The molecular weight excluding hydrogens is 498 g/mol. The number of imidazole rings is 1. The van der Waals surface area contributed by atoms with Gasteiger partial charge in [-0.3, -0.25) is 9.36 Å². The van der Waals surface area contributed by atoms with Crippen LogP contribution in [0.5, 0.6) is 5.88 Å². The van der Waals surface area contributed by atoms with Crippen molar-refractivity contribution in [3.8, 4) is 11.7 Å². The van der Waals surface area contributed by atoms with E-state index in [4.69, 9.17) is 14.2 Å². The first-order chi connectivity index (χ1) is 18.6. The molecule has 0 spiro atoms. The number of fused-ring (bicyclic) bond motifs is 1. The lowest BCUT2D eigenvalue weighted by Gasteiger charge is -2.41. The van der Waals surface area contributed by atoms with Crippen molar-refractivity contribution >= 4 is 22.9 Å². The summed E-state index contributed by atoms with van der Waals surface area (Å²) >= 11 is 0. The van der Waals surface area contributed by atoms with Gasteiger partial charge in [-0.1, -0.05) is 12.1 Å². The number of halogens is 2. The van der Waals surface area contributed by atoms with Crippen LogP contribution < -0.4 is 9.64 Å². The molecule has 3 aromatic rings. The molecule has 202 valence electrons. The Morgan fingerprint density at radius 3 is 2.53 bits per heavy atom. The molecule has 0 saturated carbocycles. The third kappa shape index (κ3) is 5.02. The number of alkyl halides is 2. The zero-order valence-electron chi connectivity index (χ0n) is 21.0. The fraction of sp³-hybridized carbons (Fsp3) is 0.538. The molecule has 3 saturated heterocycles. The lowest BCUT2D eigenvalue weighted by Crippen LogP contribution is -2.54. The minimum Gasteiger partial charge on any atom is -0.477 e. The van der Waals surface area contributed by atoms with Crippen LogP contribution in [0.25, 0.3) is 16.9 Å². The highest BCUT2D eigenvalue weighted by Crippen LogP contribution is 2.30. The molecule has 0 N–H and O–H groups in total. The predicted octanol–water partition coefficient (Wildman–Crippen LogP) is 2.85. The molecule has 0 unspecified atom stereocenters. The van der Waals surface area contributed by atoms with E-state index in [0.717, 1.165) is 12.8 Å². The molecular formula is C26H30F2N6O4. The number of hydrogen-bond donors (Lipinski definition) is 0. The van der Waals surface area contributed by atoms with Crippen LogP contribution in [0.3, 0.4) is 0 Å². The van der Waals surface area contributed by atoms with Gasteiger partial charge in [0.2, 0.25) is 17.7 Å². The Balaban J connectivity index is 1.23. The van der Waals surface area contributed by atoms with Crippen molar-refractivity contribution in [2.24, 2.45) is 11.8 Å². The maximum Gasteiger partial charge on any atom is 0.296 e. The summed E-state index contributed by atoms with van der Waals surface area (Å²) in [6, 6.07) is 8.55. The van der Waals surface area contributed by atoms with Gasteiger partial charge >= 0.3 is 0 Å². The first-order valence-corrected chi connectivity index (χ1v) is 13.0. The van der Waals surface area contributed by atoms with E-state index < -0.39 is 6.43 Å². The molecule has 12 heteroatoms. The van der Waals surface area contributed by atoms with E-state index in [1.54, 1.807) is 30.3 Å². The molecule has 6 rings (SSSR count). The predicted molar refractivity (Wildman–Crippen MR) is 134 cm³/mol. The first kappa shape index (κ1) is 24.9. The van der Waals surface area contributed by atoms with Gasteiger partial charge in [0, 0.05) is 57.3 Å². The van der Waals surface area contributed by atoms with Crippen molar-refractivity contribution < 1.29 is 27.8 Å². The number of amides is 1. The summed E-state index contributed by atoms with van der Waals surface area (Å²) in [6.45, 7) is 5.12. The smallest absolute Gasteiger partial charge is 0.296 e. The molecule has 1 amide bonds. The lowest BCUT2D eigenvalue weighted by atomic mass is 9.94. The molecule has 1 aromatic carbocycles. The zero-order valence-corrected chi connectivity index (χ0v) is 21.0. The standard InChI is InChI=1S/C26H30F2N6O4/c27-23(28)24-29-19-3-1-2-4-20(19)34(24)21-13-22(31-26(30-21)32-7-11-37-12-8-32)38-16-17-14-33(15-17)25(35)18-5-9-36-10-6-18/h1-4,13,17-18,23H,5-12,14-16H2. The quantitative estimate of drug-likeness (QED) is 0.462. The molecule has 5 heterocycles. The number of hydrogen-bond acceptors (Lipinski definition) is 8. The van der Waals surface area contributed by atoms with Crippen LogP contribution in [0.2, 0.25) is 0 Å². The highest BCUT2D eigenvalue weighted by molar-refractivity contribution is 5.80. The van der Waals surface area contributed by atoms with Crippen LogP contribution in [-0.2, 0) is 14.3 Å². The Labute approximate surface area is 218 Å². The van der Waals surface area contributed by atoms with Gasteiger partial charge in [0.1, 0.15) is 5.82 Å². The maximum absolute atomic E-state index is 14.0. The Kier molecular flexibility index (Phi) is 7.07. The van der Waals surface area contributed by atoms with Gasteiger partial charge in [-0.2, -0.15) is 9.97 Å². The minimum atomic E-state index is -2.79. The molecule has 2 aromatic heterocycles. The third-order valence-electron chi connectivity index (χ3n) is 7.29. The molecule has 38 heavy (non-hydrogen) atoms. The first-order valence-electron chi connectivity index (χ1n) is 13.0. The number of aromatic nitrogens is 4. The number of ether oxygens (including phenoxy) is 3. The topological polar surface area (TPSA) is 94.8 Å². The summed E-state index contributed by atoms with van der Waals surface area (Å²) in [7, 11) is 0. The summed E-state index contributed by atoms with van der Waals surface area (Å²) in [5.74, 6) is 0.979. The molecule has 10 nitrogen and oxygen atoms in total. The second-order valence-corrected chi connectivity index (χ2v) is 9.87. The second kappa shape index (κ2) is 10.8. The number of anilines is 1. The van der Waals surface area contributed by atoms with Crippen LogP contribution in [0.4, 0.5) is 14.7 Å². The average Bonchev–Trinajstić information content (AvgIpc) is 3.33. The number of likely N-dealkylation sites (tertiary alicyclic amines) is 1. The van der Waals surface area contributed by atoms with Crippen LogP contribution >= 0.6 is 0 Å². The average molecular weight is 529 g/mol. The van der Waals surface area contributed by atoms with Gasteiger partial charge < -0.3 is 24.0 Å². The largest absolute Gasteiger partial charge is 0.477 e. The van der Waals surface area contributed by atoms with Crippen molar-refractivity contribution in [1.82, 2.24) is 24.4 Å². The molecule has 0 bridgehead atoms. The second-order valence-electron chi connectivity index (χ2n) is 9.87. The third-order valence-corrected chi connectivity index (χ3v) is 7.29. The van der Waals surface area contributed by atoms with Crippen LogP contribution in [0, 0.1) is 11.8 Å². The van der Waals surface area contributed by atoms with Crippen molar-refractivity contribution in [3.05, 3.63) is 36.2 Å². The summed E-state index contributed by atoms with van der Waals surface area (Å²) in [4.78, 5) is 29.9. The van der Waals surface area contributed by atoms with E-state index >= 15 is 0 Å². The van der Waals surface area contributed by atoms with Crippen molar-refractivity contribution in [2.45, 2.75) is 19.3 Å². The van der Waals surface area contributed by atoms with E-state index in [9.17, 15) is 13.6 Å². The van der Waals surface area contributed by atoms with Crippen molar-refractivity contribution in [1.29, 1.82) is 0 Å². The zero-order chi connectivity index (χ0) is 26.1. The number of rotatable bonds is 7. The van der Waals surface area contributed by atoms with E-state index in [1.807, 2.05) is 9.80 Å². The highest BCUT2D eigenvalue weighted by Gasteiger charge is 2.35. The molecule has 0 aliphatic carbocycles. The van der Waals surface area contributed by atoms with Crippen LogP contribution in [0.1, 0.15) is 25.1 Å². The molecule has 3 aliphatic heterocycles. The summed E-state index contributed by atoms with van der Waals surface area (Å²) in [5, 5.41) is 0. The maximum atomic E-state index is 14.0. The minimum absolute atomic E-state index is 0.0418. The van der Waals surface area contributed by atoms with Gasteiger partial charge in [0.25, 0.3) is 6.43 Å². The van der Waals surface area contributed by atoms with Crippen LogP contribution in [0.15, 0.2) is 30.3 Å². The Bertz CT molecular complexity index is 1290. The number of morpholine rings is 1.